The number of nitrogens with one attached hydrogen (secondary N) is 1. The Hall–Kier alpha value is -2.83. The number of aromatic nitrogens is 2. The van der Waals surface area contributed by atoms with Gasteiger partial charge in [0.25, 0.3) is 5.91 Å². The van der Waals surface area contributed by atoms with Crippen LogP contribution in [0, 0.1) is 6.92 Å². The maximum absolute atomic E-state index is 12.2. The van der Waals surface area contributed by atoms with Crippen molar-refractivity contribution in [3.63, 3.8) is 0 Å². The maximum atomic E-state index is 12.2. The van der Waals surface area contributed by atoms with Crippen molar-refractivity contribution in [2.24, 2.45) is 0 Å². The monoisotopic (exact) mass is 289 g/mol. The van der Waals surface area contributed by atoms with Crippen molar-refractivity contribution in [3.05, 3.63) is 35.4 Å². The molecule has 2 aromatic rings. The van der Waals surface area contributed by atoms with Crippen molar-refractivity contribution in [1.82, 2.24) is 9.97 Å². The molecule has 0 atom stereocenters. The molecule has 2 rings (SSSR count). The number of rotatable bonds is 4. The molecule has 0 spiro atoms. The Balaban J connectivity index is 2.29. The molecule has 0 aliphatic carbocycles. The van der Waals surface area contributed by atoms with Crippen LogP contribution in [-0.2, 0) is 0 Å². The number of ether oxygens (including phenoxy) is 2. The van der Waals surface area contributed by atoms with E-state index in [4.69, 9.17) is 9.47 Å². The van der Waals surface area contributed by atoms with Gasteiger partial charge in [0.05, 0.1) is 20.3 Å². The zero-order valence-corrected chi connectivity index (χ0v) is 11.9. The third kappa shape index (κ3) is 3.19. The van der Waals surface area contributed by atoms with Crippen LogP contribution in [-0.4, -0.2) is 35.2 Å². The van der Waals surface area contributed by atoms with Gasteiger partial charge < -0.3 is 14.6 Å². The summed E-state index contributed by atoms with van der Waals surface area (Å²) in [4.78, 5) is 20.2. The summed E-state index contributed by atoms with van der Waals surface area (Å²) in [6.07, 6.45) is 0. The number of nitrogens with zero attached hydrogens (tertiary/aromatic N) is 2. The van der Waals surface area contributed by atoms with Crippen molar-refractivity contribution < 1.29 is 19.4 Å². The molecule has 7 nitrogen and oxygen atoms in total. The number of hydrogen-bond donors (Lipinski definition) is 2. The number of anilines is 1. The number of aromatic hydroxyl groups is 1. The molecule has 0 fully saturated rings. The smallest absolute Gasteiger partial charge is 0.258 e. The highest BCUT2D eigenvalue weighted by atomic mass is 16.5. The van der Waals surface area contributed by atoms with E-state index in [2.05, 4.69) is 15.3 Å². The lowest BCUT2D eigenvalue weighted by Gasteiger charge is -2.09. The van der Waals surface area contributed by atoms with Crippen molar-refractivity contribution in [2.45, 2.75) is 6.92 Å². The van der Waals surface area contributed by atoms with Gasteiger partial charge >= 0.3 is 0 Å². The first-order chi connectivity index (χ1) is 10.0. The normalized spacial score (nSPS) is 10.0. The van der Waals surface area contributed by atoms with Crippen LogP contribution in [0.4, 0.5) is 5.95 Å². The van der Waals surface area contributed by atoms with Crippen molar-refractivity contribution in [3.8, 4) is 17.5 Å². The largest absolute Gasteiger partial charge is 0.508 e. The Morgan fingerprint density at radius 1 is 1.19 bits per heavy atom. The average Bonchev–Trinajstić information content (AvgIpc) is 2.49. The van der Waals surface area contributed by atoms with E-state index in [1.165, 1.54) is 26.4 Å². The molecular weight excluding hydrogens is 274 g/mol. The second-order valence-corrected chi connectivity index (χ2v) is 4.18. The van der Waals surface area contributed by atoms with E-state index in [-0.39, 0.29) is 23.5 Å². The number of amides is 1. The minimum absolute atomic E-state index is 0.0480. The van der Waals surface area contributed by atoms with Crippen LogP contribution < -0.4 is 14.8 Å². The third-order valence-corrected chi connectivity index (χ3v) is 2.87. The van der Waals surface area contributed by atoms with Gasteiger partial charge in [-0.1, -0.05) is 6.07 Å². The number of carbonyl (C=O) groups excluding carboxylic acids is 1. The van der Waals surface area contributed by atoms with Gasteiger partial charge in [-0.3, -0.25) is 10.1 Å². The first kappa shape index (κ1) is 14.6. The van der Waals surface area contributed by atoms with Crippen molar-refractivity contribution >= 4 is 11.9 Å². The fourth-order valence-corrected chi connectivity index (χ4v) is 1.71. The van der Waals surface area contributed by atoms with Gasteiger partial charge in [-0.15, -0.1) is 0 Å². The molecule has 21 heavy (non-hydrogen) atoms. The van der Waals surface area contributed by atoms with E-state index in [1.54, 1.807) is 19.1 Å². The predicted molar refractivity (Wildman–Crippen MR) is 75.9 cm³/mol. The lowest BCUT2D eigenvalue weighted by atomic mass is 10.1. The molecule has 110 valence electrons. The van der Waals surface area contributed by atoms with Gasteiger partial charge in [-0.05, 0) is 19.1 Å². The first-order valence-corrected chi connectivity index (χ1v) is 6.12. The van der Waals surface area contributed by atoms with E-state index in [1.807, 2.05) is 0 Å². The van der Waals surface area contributed by atoms with Crippen LogP contribution in [0.3, 0.4) is 0 Å². The van der Waals surface area contributed by atoms with Crippen LogP contribution >= 0.6 is 0 Å². The zero-order chi connectivity index (χ0) is 15.4. The van der Waals surface area contributed by atoms with Gasteiger partial charge in [0, 0.05) is 11.1 Å². The van der Waals surface area contributed by atoms with E-state index >= 15 is 0 Å². The van der Waals surface area contributed by atoms with E-state index < -0.39 is 5.91 Å². The fraction of sp³-hybridized carbons (Fsp3) is 0.214. The number of methoxy groups -OCH3 is 2. The highest BCUT2D eigenvalue weighted by molar-refractivity contribution is 6.04. The van der Waals surface area contributed by atoms with Crippen LogP contribution in [0.2, 0.25) is 0 Å². The van der Waals surface area contributed by atoms with Gasteiger partial charge in [-0.2, -0.15) is 9.97 Å². The van der Waals surface area contributed by atoms with E-state index in [0.29, 0.717) is 11.1 Å². The third-order valence-electron chi connectivity index (χ3n) is 2.87. The number of phenols is 1. The molecule has 1 heterocycles. The SMILES string of the molecule is COc1cc(OC)nc(NC(=O)c2cccc(O)c2C)n1. The number of hydrogen-bond acceptors (Lipinski definition) is 6. The molecule has 2 N–H and O–H groups in total. The number of carbonyl (C=O) groups is 1. The first-order valence-electron chi connectivity index (χ1n) is 6.12. The molecule has 0 saturated heterocycles. The van der Waals surface area contributed by atoms with E-state index in [9.17, 15) is 9.90 Å². The molecule has 1 amide bonds. The molecule has 0 bridgehead atoms. The summed E-state index contributed by atoms with van der Waals surface area (Å²) in [5.74, 6) is 0.207. The van der Waals surface area contributed by atoms with Crippen molar-refractivity contribution in [1.29, 1.82) is 0 Å². The topological polar surface area (TPSA) is 93.6 Å². The molecule has 0 radical (unpaired) electrons. The molecular formula is C14H15N3O4. The highest BCUT2D eigenvalue weighted by Gasteiger charge is 2.14. The summed E-state index contributed by atoms with van der Waals surface area (Å²) >= 11 is 0. The maximum Gasteiger partial charge on any atom is 0.258 e. The Kier molecular flexibility index (Phi) is 4.22. The molecule has 0 aliphatic rings. The number of phenolic OH excluding ortho intramolecular Hbond substituents is 1. The van der Waals surface area contributed by atoms with Gasteiger partial charge in [0.1, 0.15) is 5.75 Å². The molecule has 0 unspecified atom stereocenters. The summed E-state index contributed by atoms with van der Waals surface area (Å²) < 4.78 is 10.0. The quantitative estimate of drug-likeness (QED) is 0.890. The molecule has 0 aliphatic heterocycles. The molecule has 1 aromatic carbocycles. The highest BCUT2D eigenvalue weighted by Crippen LogP contribution is 2.21. The Morgan fingerprint density at radius 2 is 1.81 bits per heavy atom. The van der Waals surface area contributed by atoms with Crippen molar-refractivity contribution in [2.75, 3.05) is 19.5 Å². The Morgan fingerprint density at radius 3 is 2.38 bits per heavy atom. The zero-order valence-electron chi connectivity index (χ0n) is 11.9. The summed E-state index contributed by atoms with van der Waals surface area (Å²) in [6.45, 7) is 1.65. The molecule has 0 saturated carbocycles. The average molecular weight is 289 g/mol. The fourth-order valence-electron chi connectivity index (χ4n) is 1.71. The second kappa shape index (κ2) is 6.08. The van der Waals surface area contributed by atoms with Gasteiger partial charge in [0.2, 0.25) is 17.7 Å². The second-order valence-electron chi connectivity index (χ2n) is 4.18. The Bertz CT molecular complexity index is 651. The Labute approximate surface area is 121 Å². The summed E-state index contributed by atoms with van der Waals surface area (Å²) in [7, 11) is 2.90. The van der Waals surface area contributed by atoms with Gasteiger partial charge in [0.15, 0.2) is 0 Å². The minimum Gasteiger partial charge on any atom is -0.508 e. The molecule has 1 aromatic heterocycles. The van der Waals surface area contributed by atoms with Crippen LogP contribution in [0.1, 0.15) is 15.9 Å². The van der Waals surface area contributed by atoms with Crippen LogP contribution in [0.5, 0.6) is 17.5 Å². The minimum atomic E-state index is -0.432. The summed E-state index contributed by atoms with van der Waals surface area (Å²) in [5.41, 5.74) is 0.810. The van der Waals surface area contributed by atoms with Gasteiger partial charge in [-0.25, -0.2) is 0 Å². The summed E-state index contributed by atoms with van der Waals surface area (Å²) in [5, 5.41) is 12.2. The standard InChI is InChI=1S/C14H15N3O4/c1-8-9(5-4-6-10(8)18)13(19)17-14-15-11(20-2)7-12(16-14)21-3/h4-7,18H,1-3H3,(H,15,16,17,19). The van der Waals surface area contributed by atoms with Crippen LogP contribution in [0.25, 0.3) is 0 Å². The van der Waals surface area contributed by atoms with Crippen LogP contribution in [0.15, 0.2) is 24.3 Å². The number of benzene rings is 1. The lowest BCUT2D eigenvalue weighted by Crippen LogP contribution is -2.16. The molecule has 7 heteroatoms. The van der Waals surface area contributed by atoms with E-state index in [0.717, 1.165) is 0 Å². The summed E-state index contributed by atoms with van der Waals surface area (Å²) in [6, 6.07) is 6.19. The lowest BCUT2D eigenvalue weighted by molar-refractivity contribution is 0.102. The predicted octanol–water partition coefficient (Wildman–Crippen LogP) is 1.76.